The molecule has 1 aromatic carbocycles. The van der Waals surface area contributed by atoms with Crippen molar-refractivity contribution in [2.45, 2.75) is 45.3 Å². The smallest absolute Gasteiger partial charge is 0.191 e. The molecule has 0 spiro atoms. The third kappa shape index (κ3) is 7.06. The molecule has 0 radical (unpaired) electrons. The largest absolute Gasteiger partial charge is 0.497 e. The molecule has 3 rings (SSSR count). The number of ether oxygens (including phenoxy) is 3. The minimum Gasteiger partial charge on any atom is -0.497 e. The van der Waals surface area contributed by atoms with Gasteiger partial charge >= 0.3 is 0 Å². The summed E-state index contributed by atoms with van der Waals surface area (Å²) in [5.74, 6) is 3.08. The molecule has 7 nitrogen and oxygen atoms in total. The Kier molecular flexibility index (Phi) is 9.08. The summed E-state index contributed by atoms with van der Waals surface area (Å²) in [4.78, 5) is 6.85. The topological polar surface area (TPSA) is 67.4 Å². The van der Waals surface area contributed by atoms with E-state index in [9.17, 15) is 0 Å². The predicted octanol–water partition coefficient (Wildman–Crippen LogP) is 2.65. The monoisotopic (exact) mass is 418 g/mol. The van der Waals surface area contributed by atoms with Crippen molar-refractivity contribution in [3.05, 3.63) is 23.8 Å². The quantitative estimate of drug-likeness (QED) is 0.475. The van der Waals surface area contributed by atoms with Crippen LogP contribution in [0.3, 0.4) is 0 Å². The molecular formula is C23H38N4O3. The van der Waals surface area contributed by atoms with Crippen LogP contribution in [0.15, 0.2) is 23.2 Å². The Bertz CT molecular complexity index is 670. The summed E-state index contributed by atoms with van der Waals surface area (Å²) >= 11 is 0. The van der Waals surface area contributed by atoms with Crippen molar-refractivity contribution in [3.8, 4) is 11.5 Å². The second-order valence-corrected chi connectivity index (χ2v) is 8.32. The van der Waals surface area contributed by atoms with Crippen LogP contribution in [0.1, 0.15) is 38.2 Å². The normalized spacial score (nSPS) is 19.5. The van der Waals surface area contributed by atoms with Gasteiger partial charge in [0.05, 0.1) is 26.4 Å². The van der Waals surface area contributed by atoms with Gasteiger partial charge in [-0.3, -0.25) is 9.89 Å². The number of rotatable bonds is 9. The Morgan fingerprint density at radius 3 is 2.70 bits per heavy atom. The highest BCUT2D eigenvalue weighted by molar-refractivity contribution is 5.79. The Labute approximate surface area is 181 Å². The molecule has 2 N–H and O–H groups in total. The van der Waals surface area contributed by atoms with Crippen LogP contribution in [0.5, 0.6) is 11.5 Å². The number of hydrogen-bond acceptors (Lipinski definition) is 5. The number of methoxy groups -OCH3 is 1. The number of nitrogens with one attached hydrogen (secondary N) is 2. The number of benzene rings is 1. The van der Waals surface area contributed by atoms with E-state index >= 15 is 0 Å². The fourth-order valence-electron chi connectivity index (χ4n) is 4.06. The zero-order valence-corrected chi connectivity index (χ0v) is 18.8. The minimum atomic E-state index is 0.314. The molecular weight excluding hydrogens is 380 g/mol. The molecule has 1 aliphatic heterocycles. The van der Waals surface area contributed by atoms with Crippen molar-refractivity contribution in [3.63, 3.8) is 0 Å². The molecule has 2 fully saturated rings. The lowest BCUT2D eigenvalue weighted by molar-refractivity contribution is 0.0320. The molecule has 0 amide bonds. The maximum Gasteiger partial charge on any atom is 0.191 e. The molecule has 1 aliphatic carbocycles. The molecule has 0 bridgehead atoms. The Hall–Kier alpha value is -1.99. The van der Waals surface area contributed by atoms with Gasteiger partial charge in [-0.1, -0.05) is 6.92 Å². The predicted molar refractivity (Wildman–Crippen MR) is 121 cm³/mol. The van der Waals surface area contributed by atoms with E-state index in [4.69, 9.17) is 14.2 Å². The first-order valence-electron chi connectivity index (χ1n) is 11.3. The number of hydrogen-bond donors (Lipinski definition) is 2. The summed E-state index contributed by atoms with van der Waals surface area (Å²) < 4.78 is 17.1. The maximum atomic E-state index is 6.30. The number of morpholine rings is 1. The summed E-state index contributed by atoms with van der Waals surface area (Å²) in [5, 5.41) is 6.89. The second-order valence-electron chi connectivity index (χ2n) is 8.32. The van der Waals surface area contributed by atoms with Gasteiger partial charge in [-0.05, 0) is 43.7 Å². The summed E-state index contributed by atoms with van der Waals surface area (Å²) in [6.07, 6.45) is 5.08. The van der Waals surface area contributed by atoms with E-state index in [0.29, 0.717) is 18.6 Å². The summed E-state index contributed by atoms with van der Waals surface area (Å²) in [6.45, 7) is 8.62. The van der Waals surface area contributed by atoms with Crippen LogP contribution in [-0.2, 0) is 11.3 Å². The molecule has 1 saturated carbocycles. The average Bonchev–Trinajstić information content (AvgIpc) is 3.28. The molecule has 2 aliphatic rings. The van der Waals surface area contributed by atoms with E-state index in [1.807, 2.05) is 19.2 Å². The molecule has 1 heterocycles. The summed E-state index contributed by atoms with van der Waals surface area (Å²) in [5.41, 5.74) is 1.12. The van der Waals surface area contributed by atoms with Gasteiger partial charge in [0.1, 0.15) is 11.5 Å². The Morgan fingerprint density at radius 2 is 2.00 bits per heavy atom. The van der Waals surface area contributed by atoms with Crippen molar-refractivity contribution in [2.75, 3.05) is 53.6 Å². The molecule has 1 atom stereocenters. The molecule has 7 heteroatoms. The molecule has 0 aromatic heterocycles. The van der Waals surface area contributed by atoms with Crippen LogP contribution in [-0.4, -0.2) is 70.5 Å². The first kappa shape index (κ1) is 22.7. The standard InChI is InChI=1S/C23H38N4O3/c1-18(17-27-10-12-29-13-11-27)15-25-23(24-2)26-16-19-8-9-21(28-3)14-22(19)30-20-6-4-5-7-20/h8-9,14,18,20H,4-7,10-13,15-17H2,1-3H3,(H2,24,25,26). The van der Waals surface area contributed by atoms with E-state index < -0.39 is 0 Å². The Morgan fingerprint density at radius 1 is 1.23 bits per heavy atom. The van der Waals surface area contributed by atoms with Gasteiger partial charge in [-0.15, -0.1) is 0 Å². The summed E-state index contributed by atoms with van der Waals surface area (Å²) in [7, 11) is 3.50. The molecule has 168 valence electrons. The van der Waals surface area contributed by atoms with Crippen molar-refractivity contribution in [2.24, 2.45) is 10.9 Å². The molecule has 1 unspecified atom stereocenters. The van der Waals surface area contributed by atoms with Gasteiger partial charge in [0.15, 0.2) is 5.96 Å². The van der Waals surface area contributed by atoms with Gasteiger partial charge in [0.25, 0.3) is 0 Å². The lowest BCUT2D eigenvalue weighted by atomic mass is 10.1. The van der Waals surface area contributed by atoms with E-state index in [0.717, 1.165) is 75.3 Å². The van der Waals surface area contributed by atoms with Gasteiger partial charge in [-0.2, -0.15) is 0 Å². The van der Waals surface area contributed by atoms with Crippen molar-refractivity contribution in [1.82, 2.24) is 15.5 Å². The molecule has 1 aromatic rings. The lowest BCUT2D eigenvalue weighted by Crippen LogP contribution is -2.43. The van der Waals surface area contributed by atoms with E-state index in [2.05, 4.69) is 33.5 Å². The highest BCUT2D eigenvalue weighted by Gasteiger charge is 2.19. The van der Waals surface area contributed by atoms with Crippen LogP contribution in [0, 0.1) is 5.92 Å². The third-order valence-electron chi connectivity index (χ3n) is 5.83. The van der Waals surface area contributed by atoms with Gasteiger partial charge < -0.3 is 24.8 Å². The fraction of sp³-hybridized carbons (Fsp3) is 0.696. The number of guanidine groups is 1. The summed E-state index contributed by atoms with van der Waals surface area (Å²) in [6, 6.07) is 6.06. The van der Waals surface area contributed by atoms with Crippen LogP contribution >= 0.6 is 0 Å². The van der Waals surface area contributed by atoms with Crippen molar-refractivity contribution < 1.29 is 14.2 Å². The third-order valence-corrected chi connectivity index (χ3v) is 5.83. The average molecular weight is 419 g/mol. The van der Waals surface area contributed by atoms with Crippen LogP contribution in [0.2, 0.25) is 0 Å². The van der Waals surface area contributed by atoms with Gasteiger partial charge in [-0.25, -0.2) is 0 Å². The zero-order valence-electron chi connectivity index (χ0n) is 18.8. The maximum absolute atomic E-state index is 6.30. The molecule has 1 saturated heterocycles. The van der Waals surface area contributed by atoms with Gasteiger partial charge in [0.2, 0.25) is 0 Å². The Balaban J connectivity index is 1.49. The minimum absolute atomic E-state index is 0.314. The number of nitrogens with zero attached hydrogens (tertiary/aromatic N) is 2. The highest BCUT2D eigenvalue weighted by Crippen LogP contribution is 2.30. The van der Waals surface area contributed by atoms with Crippen LogP contribution < -0.4 is 20.1 Å². The van der Waals surface area contributed by atoms with Crippen molar-refractivity contribution in [1.29, 1.82) is 0 Å². The van der Waals surface area contributed by atoms with E-state index in [-0.39, 0.29) is 0 Å². The van der Waals surface area contributed by atoms with Crippen molar-refractivity contribution >= 4 is 5.96 Å². The lowest BCUT2D eigenvalue weighted by Gasteiger charge is -2.29. The van der Waals surface area contributed by atoms with Crippen LogP contribution in [0.25, 0.3) is 0 Å². The number of aliphatic imine (C=N–C) groups is 1. The molecule has 30 heavy (non-hydrogen) atoms. The SMILES string of the molecule is CN=C(NCc1ccc(OC)cc1OC1CCCC1)NCC(C)CN1CCOCC1. The van der Waals surface area contributed by atoms with E-state index in [1.54, 1.807) is 7.11 Å². The zero-order chi connectivity index (χ0) is 21.2. The first-order chi connectivity index (χ1) is 14.7. The van der Waals surface area contributed by atoms with Crippen LogP contribution in [0.4, 0.5) is 0 Å². The fourth-order valence-corrected chi connectivity index (χ4v) is 4.06. The first-order valence-corrected chi connectivity index (χ1v) is 11.3. The second kappa shape index (κ2) is 12.0. The highest BCUT2D eigenvalue weighted by atomic mass is 16.5. The van der Waals surface area contributed by atoms with Gasteiger partial charge in [0, 0.05) is 51.4 Å². The van der Waals surface area contributed by atoms with E-state index in [1.165, 1.54) is 12.8 Å².